The summed E-state index contributed by atoms with van der Waals surface area (Å²) in [5, 5.41) is 4.40. The van der Waals surface area contributed by atoms with E-state index in [4.69, 9.17) is 27.9 Å². The highest BCUT2D eigenvalue weighted by atomic mass is 35.5. The Balaban J connectivity index is 2.23. The second-order valence-corrected chi connectivity index (χ2v) is 4.83. The lowest BCUT2D eigenvalue weighted by atomic mass is 10.1. The van der Waals surface area contributed by atoms with Crippen LogP contribution in [-0.2, 0) is 0 Å². The molecule has 3 aromatic rings. The number of fused-ring (bicyclic) bond motifs is 1. The molecule has 0 atom stereocenters. The van der Waals surface area contributed by atoms with Crippen molar-refractivity contribution in [3.05, 3.63) is 40.4 Å². The SMILES string of the molecule is CCOc1nc2nc(Cl)c(-c3cccc(F)c3)c(Cl)n2n1. The number of hydrogen-bond acceptors (Lipinski definition) is 4. The van der Waals surface area contributed by atoms with Crippen LogP contribution in [0.5, 0.6) is 6.01 Å². The Kier molecular flexibility index (Phi) is 3.65. The van der Waals surface area contributed by atoms with Crippen molar-refractivity contribution in [1.82, 2.24) is 19.6 Å². The van der Waals surface area contributed by atoms with Gasteiger partial charge < -0.3 is 4.74 Å². The smallest absolute Gasteiger partial charge is 0.337 e. The second kappa shape index (κ2) is 5.46. The van der Waals surface area contributed by atoms with Crippen LogP contribution in [0.4, 0.5) is 4.39 Å². The largest absolute Gasteiger partial charge is 0.463 e. The highest BCUT2D eigenvalue weighted by Crippen LogP contribution is 2.34. The van der Waals surface area contributed by atoms with E-state index in [1.807, 2.05) is 6.92 Å². The van der Waals surface area contributed by atoms with E-state index in [1.165, 1.54) is 16.6 Å². The predicted molar refractivity (Wildman–Crippen MR) is 77.4 cm³/mol. The summed E-state index contributed by atoms with van der Waals surface area (Å²) in [6.45, 7) is 2.23. The molecule has 21 heavy (non-hydrogen) atoms. The van der Waals surface area contributed by atoms with Crippen molar-refractivity contribution in [1.29, 1.82) is 0 Å². The third kappa shape index (κ3) is 2.52. The highest BCUT2D eigenvalue weighted by Gasteiger charge is 2.18. The molecule has 1 aromatic carbocycles. The van der Waals surface area contributed by atoms with Gasteiger partial charge in [0.05, 0.1) is 12.2 Å². The Morgan fingerprint density at radius 3 is 2.81 bits per heavy atom. The first kappa shape index (κ1) is 14.0. The fourth-order valence-corrected chi connectivity index (χ4v) is 2.53. The lowest BCUT2D eigenvalue weighted by Gasteiger charge is -2.07. The maximum Gasteiger partial charge on any atom is 0.337 e. The van der Waals surface area contributed by atoms with Crippen LogP contribution in [0.1, 0.15) is 6.92 Å². The molecule has 0 saturated heterocycles. The van der Waals surface area contributed by atoms with E-state index in [0.29, 0.717) is 17.7 Å². The average Bonchev–Trinajstić information content (AvgIpc) is 2.82. The van der Waals surface area contributed by atoms with Crippen molar-refractivity contribution >= 4 is 29.0 Å². The molecule has 0 radical (unpaired) electrons. The zero-order valence-corrected chi connectivity index (χ0v) is 12.4. The summed E-state index contributed by atoms with van der Waals surface area (Å²) in [6, 6.07) is 6.05. The molecule has 0 N–H and O–H groups in total. The van der Waals surface area contributed by atoms with Crippen molar-refractivity contribution in [2.45, 2.75) is 6.92 Å². The van der Waals surface area contributed by atoms with Crippen LogP contribution in [-0.4, -0.2) is 26.2 Å². The van der Waals surface area contributed by atoms with Crippen LogP contribution in [0.3, 0.4) is 0 Å². The maximum atomic E-state index is 13.4. The molecule has 5 nitrogen and oxygen atoms in total. The van der Waals surface area contributed by atoms with Gasteiger partial charge in [0.1, 0.15) is 16.1 Å². The predicted octanol–water partition coefficient (Wildman–Crippen LogP) is 3.64. The molecule has 8 heteroatoms. The summed E-state index contributed by atoms with van der Waals surface area (Å²) < 4.78 is 19.9. The third-order valence-corrected chi connectivity index (χ3v) is 3.38. The summed E-state index contributed by atoms with van der Waals surface area (Å²) >= 11 is 12.4. The van der Waals surface area contributed by atoms with Crippen LogP contribution in [0.15, 0.2) is 24.3 Å². The van der Waals surface area contributed by atoms with Crippen molar-refractivity contribution in [2.24, 2.45) is 0 Å². The Morgan fingerprint density at radius 2 is 2.10 bits per heavy atom. The molecule has 3 rings (SSSR count). The molecule has 0 aliphatic heterocycles. The van der Waals surface area contributed by atoms with E-state index in [1.54, 1.807) is 12.1 Å². The van der Waals surface area contributed by atoms with Crippen molar-refractivity contribution in [3.8, 4) is 17.1 Å². The van der Waals surface area contributed by atoms with E-state index < -0.39 is 5.82 Å². The van der Waals surface area contributed by atoms with Gasteiger partial charge in [0.15, 0.2) is 0 Å². The normalized spacial score (nSPS) is 11.0. The summed E-state index contributed by atoms with van der Waals surface area (Å²) in [4.78, 5) is 8.17. The van der Waals surface area contributed by atoms with Gasteiger partial charge in [-0.2, -0.15) is 14.5 Å². The minimum absolute atomic E-state index is 0.119. The average molecular weight is 327 g/mol. The van der Waals surface area contributed by atoms with Gasteiger partial charge in [-0.05, 0) is 24.6 Å². The number of hydrogen-bond donors (Lipinski definition) is 0. The summed E-state index contributed by atoms with van der Waals surface area (Å²) in [5.74, 6) is -0.179. The van der Waals surface area contributed by atoms with Crippen LogP contribution in [0.25, 0.3) is 16.9 Å². The van der Waals surface area contributed by atoms with Crippen molar-refractivity contribution in [3.63, 3.8) is 0 Å². The lowest BCUT2D eigenvalue weighted by Crippen LogP contribution is -1.98. The third-order valence-electron chi connectivity index (χ3n) is 2.75. The van der Waals surface area contributed by atoms with E-state index >= 15 is 0 Å². The van der Waals surface area contributed by atoms with Crippen LogP contribution < -0.4 is 4.74 Å². The molecule has 108 valence electrons. The zero-order chi connectivity index (χ0) is 15.0. The summed E-state index contributed by atoms with van der Waals surface area (Å²) in [6.07, 6.45) is 0. The van der Waals surface area contributed by atoms with Gasteiger partial charge in [0.25, 0.3) is 5.78 Å². The molecule has 0 unspecified atom stereocenters. The Bertz CT molecular complexity index is 821. The first-order valence-electron chi connectivity index (χ1n) is 6.10. The van der Waals surface area contributed by atoms with Gasteiger partial charge >= 0.3 is 6.01 Å². The minimum atomic E-state index is -0.395. The molecule has 0 bridgehead atoms. The molecule has 0 aliphatic rings. The van der Waals surface area contributed by atoms with Crippen LogP contribution in [0, 0.1) is 5.82 Å². The Morgan fingerprint density at radius 1 is 1.29 bits per heavy atom. The Labute approximate surface area is 129 Å². The van der Waals surface area contributed by atoms with Gasteiger partial charge in [-0.1, -0.05) is 35.3 Å². The topological polar surface area (TPSA) is 52.3 Å². The van der Waals surface area contributed by atoms with E-state index in [9.17, 15) is 4.39 Å². The fourth-order valence-electron chi connectivity index (χ4n) is 1.90. The molecule has 0 fully saturated rings. The molecule has 2 heterocycles. The first-order chi connectivity index (χ1) is 10.1. The van der Waals surface area contributed by atoms with Gasteiger partial charge in [-0.25, -0.2) is 4.39 Å². The molecule has 0 spiro atoms. The molecule has 0 amide bonds. The number of rotatable bonds is 3. The quantitative estimate of drug-likeness (QED) is 0.689. The number of benzene rings is 1. The molecule has 2 aromatic heterocycles. The van der Waals surface area contributed by atoms with Gasteiger partial charge in [-0.15, -0.1) is 5.10 Å². The number of ether oxygens (including phenoxy) is 1. The van der Waals surface area contributed by atoms with Gasteiger partial charge in [0, 0.05) is 0 Å². The van der Waals surface area contributed by atoms with Crippen molar-refractivity contribution in [2.75, 3.05) is 6.61 Å². The Hall–Kier alpha value is -1.92. The van der Waals surface area contributed by atoms with Crippen LogP contribution in [0.2, 0.25) is 10.3 Å². The first-order valence-corrected chi connectivity index (χ1v) is 6.86. The maximum absolute atomic E-state index is 13.4. The van der Waals surface area contributed by atoms with Crippen molar-refractivity contribution < 1.29 is 9.13 Å². The zero-order valence-electron chi connectivity index (χ0n) is 10.8. The number of halogens is 3. The van der Waals surface area contributed by atoms with E-state index in [0.717, 1.165) is 0 Å². The van der Waals surface area contributed by atoms with Gasteiger partial charge in [-0.3, -0.25) is 0 Å². The second-order valence-electron chi connectivity index (χ2n) is 4.12. The van der Waals surface area contributed by atoms with Gasteiger partial charge in [0.2, 0.25) is 0 Å². The standard InChI is InChI=1S/C13H9Cl2FN4O/c1-2-21-13-18-12-17-10(14)9(11(15)20(12)19-13)7-4-3-5-8(16)6-7/h3-6H,2H2,1H3. The molecular weight excluding hydrogens is 318 g/mol. The van der Waals surface area contributed by atoms with Crippen LogP contribution >= 0.6 is 23.2 Å². The summed E-state index contributed by atoms with van der Waals surface area (Å²) in [5.41, 5.74) is 0.895. The number of aromatic nitrogens is 4. The lowest BCUT2D eigenvalue weighted by molar-refractivity contribution is 0.313. The van der Waals surface area contributed by atoms with E-state index in [-0.39, 0.29) is 22.1 Å². The minimum Gasteiger partial charge on any atom is -0.463 e. The molecule has 0 saturated carbocycles. The monoisotopic (exact) mass is 326 g/mol. The molecule has 0 aliphatic carbocycles. The number of nitrogens with zero attached hydrogens (tertiary/aromatic N) is 4. The fraction of sp³-hybridized carbons (Fsp3) is 0.154. The van der Waals surface area contributed by atoms with E-state index in [2.05, 4.69) is 15.1 Å². The summed E-state index contributed by atoms with van der Waals surface area (Å²) in [7, 11) is 0. The highest BCUT2D eigenvalue weighted by molar-refractivity contribution is 6.38. The molecular formula is C13H9Cl2FN4O.